The highest BCUT2D eigenvalue weighted by atomic mass is 16.6. The highest BCUT2D eigenvalue weighted by Gasteiger charge is 2.20. The Kier molecular flexibility index (Phi) is 6.73. The maximum Gasteiger partial charge on any atom is 0.296 e. The third-order valence-electron chi connectivity index (χ3n) is 4.33. The van der Waals surface area contributed by atoms with Crippen molar-refractivity contribution in [2.45, 2.75) is 13.0 Å². The van der Waals surface area contributed by atoms with E-state index in [0.29, 0.717) is 5.75 Å². The van der Waals surface area contributed by atoms with Gasteiger partial charge in [0.1, 0.15) is 17.2 Å². The summed E-state index contributed by atoms with van der Waals surface area (Å²) in [5.74, 6) is 0.772. The average Bonchev–Trinajstić information content (AvgIpc) is 2.67. The molecule has 2 aromatic carbocycles. The number of rotatable bonds is 8. The highest BCUT2D eigenvalue weighted by Crippen LogP contribution is 2.29. The fraction of sp³-hybridized carbons (Fsp3) is 0.316. The van der Waals surface area contributed by atoms with Crippen LogP contribution in [0.1, 0.15) is 18.5 Å². The van der Waals surface area contributed by atoms with E-state index in [1.807, 2.05) is 43.1 Å². The summed E-state index contributed by atoms with van der Waals surface area (Å²) in [5, 5.41) is 13.8. The molecule has 2 aromatic rings. The average molecular weight is 373 g/mol. The molecule has 0 aliphatic heterocycles. The minimum atomic E-state index is -0.554. The number of methoxy groups -OCH3 is 2. The van der Waals surface area contributed by atoms with Crippen LogP contribution >= 0.6 is 0 Å². The number of amides is 1. The first kappa shape index (κ1) is 20.2. The second kappa shape index (κ2) is 9.00. The van der Waals surface area contributed by atoms with Crippen molar-refractivity contribution in [3.63, 3.8) is 0 Å². The second-order valence-corrected chi connectivity index (χ2v) is 6.05. The van der Waals surface area contributed by atoms with Gasteiger partial charge in [0, 0.05) is 6.04 Å². The molecule has 1 atom stereocenters. The van der Waals surface area contributed by atoms with Crippen molar-refractivity contribution in [2.24, 2.45) is 0 Å². The van der Waals surface area contributed by atoms with Crippen molar-refractivity contribution >= 4 is 17.3 Å². The van der Waals surface area contributed by atoms with Crippen molar-refractivity contribution < 1.29 is 19.2 Å². The lowest BCUT2D eigenvalue weighted by molar-refractivity contribution is -0.384. The number of anilines is 1. The quantitative estimate of drug-likeness (QED) is 0.564. The van der Waals surface area contributed by atoms with Gasteiger partial charge < -0.3 is 14.8 Å². The zero-order valence-electron chi connectivity index (χ0n) is 15.8. The van der Waals surface area contributed by atoms with Crippen molar-refractivity contribution in [1.29, 1.82) is 0 Å². The minimum absolute atomic E-state index is 0.0208. The maximum absolute atomic E-state index is 12.4. The molecule has 0 fully saturated rings. The van der Waals surface area contributed by atoms with Crippen LogP contribution in [0.4, 0.5) is 11.4 Å². The Hall–Kier alpha value is -3.13. The molecule has 0 heterocycles. The highest BCUT2D eigenvalue weighted by molar-refractivity contribution is 5.94. The number of hydrogen-bond donors (Lipinski definition) is 1. The Balaban J connectivity index is 2.05. The number of nitro benzene ring substituents is 1. The summed E-state index contributed by atoms with van der Waals surface area (Å²) in [6, 6.07) is 11.9. The van der Waals surface area contributed by atoms with Gasteiger partial charge in [-0.15, -0.1) is 0 Å². The number of benzene rings is 2. The molecule has 27 heavy (non-hydrogen) atoms. The topological polar surface area (TPSA) is 93.9 Å². The van der Waals surface area contributed by atoms with E-state index in [9.17, 15) is 14.9 Å². The molecule has 8 heteroatoms. The molecule has 0 saturated heterocycles. The number of hydrogen-bond acceptors (Lipinski definition) is 6. The van der Waals surface area contributed by atoms with Gasteiger partial charge in [-0.05, 0) is 43.8 Å². The lowest BCUT2D eigenvalue weighted by atomic mass is 10.1. The van der Waals surface area contributed by atoms with Crippen LogP contribution in [-0.4, -0.2) is 43.5 Å². The molecule has 8 nitrogen and oxygen atoms in total. The van der Waals surface area contributed by atoms with Crippen molar-refractivity contribution in [3.8, 4) is 11.5 Å². The van der Waals surface area contributed by atoms with Crippen LogP contribution in [0.15, 0.2) is 42.5 Å². The zero-order chi connectivity index (χ0) is 20.0. The Morgan fingerprint density at radius 1 is 1.15 bits per heavy atom. The van der Waals surface area contributed by atoms with Crippen LogP contribution in [0.2, 0.25) is 0 Å². The molecule has 0 spiro atoms. The van der Waals surface area contributed by atoms with E-state index in [1.165, 1.54) is 19.2 Å². The Morgan fingerprint density at radius 3 is 2.30 bits per heavy atom. The number of nitrogens with zero attached hydrogens (tertiary/aromatic N) is 2. The second-order valence-electron chi connectivity index (χ2n) is 6.05. The number of nitro groups is 1. The van der Waals surface area contributed by atoms with Gasteiger partial charge in [0.25, 0.3) is 5.69 Å². The van der Waals surface area contributed by atoms with Gasteiger partial charge in [-0.1, -0.05) is 12.1 Å². The summed E-state index contributed by atoms with van der Waals surface area (Å²) >= 11 is 0. The molecule has 0 aromatic heterocycles. The SMILES string of the molecule is COc1ccc([C@H](C)N(C)CC(=O)Nc2ccc(OC)cc2[N+](=O)[O-])cc1. The Bertz CT molecular complexity index is 807. The molecule has 2 rings (SSSR count). The van der Waals surface area contributed by atoms with Gasteiger partial charge in [-0.3, -0.25) is 19.8 Å². The first-order chi connectivity index (χ1) is 12.8. The Morgan fingerprint density at radius 2 is 1.74 bits per heavy atom. The normalized spacial score (nSPS) is 11.7. The monoisotopic (exact) mass is 373 g/mol. The van der Waals surface area contributed by atoms with Crippen LogP contribution in [0.3, 0.4) is 0 Å². The van der Waals surface area contributed by atoms with Gasteiger partial charge in [0.2, 0.25) is 5.91 Å². The maximum atomic E-state index is 12.4. The molecular formula is C19H23N3O5. The first-order valence-corrected chi connectivity index (χ1v) is 8.32. The third-order valence-corrected chi connectivity index (χ3v) is 4.33. The molecule has 1 amide bonds. The molecule has 0 aliphatic carbocycles. The molecule has 144 valence electrons. The van der Waals surface area contributed by atoms with E-state index >= 15 is 0 Å². The fourth-order valence-corrected chi connectivity index (χ4v) is 2.59. The van der Waals surface area contributed by atoms with Gasteiger partial charge in [-0.2, -0.15) is 0 Å². The first-order valence-electron chi connectivity index (χ1n) is 8.32. The van der Waals surface area contributed by atoms with Crippen LogP contribution in [0.5, 0.6) is 11.5 Å². The van der Waals surface area contributed by atoms with Crippen LogP contribution in [0, 0.1) is 10.1 Å². The summed E-state index contributed by atoms with van der Waals surface area (Å²) in [7, 11) is 4.84. The predicted molar refractivity (Wildman–Crippen MR) is 102 cm³/mol. The van der Waals surface area contributed by atoms with E-state index < -0.39 is 4.92 Å². The molecule has 0 unspecified atom stereocenters. The summed E-state index contributed by atoms with van der Waals surface area (Å²) in [6.07, 6.45) is 0. The van der Waals surface area contributed by atoms with Crippen LogP contribution in [-0.2, 0) is 4.79 Å². The van der Waals surface area contributed by atoms with E-state index in [0.717, 1.165) is 11.3 Å². The Labute approximate surface area is 157 Å². The summed E-state index contributed by atoms with van der Waals surface area (Å²) < 4.78 is 10.1. The van der Waals surface area contributed by atoms with E-state index in [1.54, 1.807) is 13.2 Å². The predicted octanol–water partition coefficient (Wildman–Crippen LogP) is 3.24. The third kappa shape index (κ3) is 5.18. The molecule has 0 radical (unpaired) electrons. The number of ether oxygens (including phenoxy) is 2. The molecular weight excluding hydrogens is 350 g/mol. The van der Waals surface area contributed by atoms with Crippen LogP contribution in [0.25, 0.3) is 0 Å². The lowest BCUT2D eigenvalue weighted by Crippen LogP contribution is -2.32. The minimum Gasteiger partial charge on any atom is -0.497 e. The summed E-state index contributed by atoms with van der Waals surface area (Å²) in [5.41, 5.74) is 0.950. The number of likely N-dealkylation sites (N-methyl/N-ethyl adjacent to an activating group) is 1. The number of carbonyl (C=O) groups excluding carboxylic acids is 1. The van der Waals surface area contributed by atoms with Crippen LogP contribution < -0.4 is 14.8 Å². The van der Waals surface area contributed by atoms with E-state index in [4.69, 9.17) is 9.47 Å². The van der Waals surface area contributed by atoms with Crippen molar-refractivity contribution in [2.75, 3.05) is 33.1 Å². The summed E-state index contributed by atoms with van der Waals surface area (Å²) in [4.78, 5) is 24.9. The lowest BCUT2D eigenvalue weighted by Gasteiger charge is -2.24. The van der Waals surface area contributed by atoms with E-state index in [-0.39, 0.29) is 29.9 Å². The fourth-order valence-electron chi connectivity index (χ4n) is 2.59. The smallest absolute Gasteiger partial charge is 0.296 e. The van der Waals surface area contributed by atoms with E-state index in [2.05, 4.69) is 5.32 Å². The molecule has 1 N–H and O–H groups in total. The van der Waals surface area contributed by atoms with Crippen molar-refractivity contribution in [1.82, 2.24) is 4.90 Å². The van der Waals surface area contributed by atoms with Gasteiger partial charge in [-0.25, -0.2) is 0 Å². The molecule has 0 bridgehead atoms. The largest absolute Gasteiger partial charge is 0.497 e. The summed E-state index contributed by atoms with van der Waals surface area (Å²) in [6.45, 7) is 2.06. The van der Waals surface area contributed by atoms with Gasteiger partial charge in [0.05, 0.1) is 31.8 Å². The standard InChI is InChI=1S/C19H23N3O5/c1-13(14-5-7-15(26-3)8-6-14)21(2)12-19(23)20-17-10-9-16(27-4)11-18(17)22(24)25/h5-11,13H,12H2,1-4H3,(H,20,23)/t13-/m0/s1. The number of carbonyl (C=O) groups is 1. The van der Waals surface area contributed by atoms with Crippen molar-refractivity contribution in [3.05, 3.63) is 58.1 Å². The zero-order valence-corrected chi connectivity index (χ0v) is 15.8. The number of nitrogens with one attached hydrogen (secondary N) is 1. The molecule has 0 saturated carbocycles. The molecule has 0 aliphatic rings. The van der Waals surface area contributed by atoms with Gasteiger partial charge in [0.15, 0.2) is 0 Å². The van der Waals surface area contributed by atoms with Gasteiger partial charge >= 0.3 is 0 Å².